The Balaban J connectivity index is 2.11. The standard InChI is InChI=1S/C29H38N2O6/c1-7-30(8-2)16-17-31-26(21-12-15-23(36-9-3)24(18-21)35-6)25(28(33)29(31)34)27(32)20-10-13-22(14-11-20)37-19(4)5/h10-15,18-19,26,32H,7-9,16-17H2,1-6H3/b27-25+. The van der Waals surface area contributed by atoms with Crippen molar-refractivity contribution in [2.75, 3.05) is 39.9 Å². The largest absolute Gasteiger partial charge is 0.507 e. The van der Waals surface area contributed by atoms with E-state index in [9.17, 15) is 14.7 Å². The predicted octanol–water partition coefficient (Wildman–Crippen LogP) is 4.64. The molecular weight excluding hydrogens is 472 g/mol. The third-order valence-corrected chi connectivity index (χ3v) is 6.39. The maximum Gasteiger partial charge on any atom is 0.295 e. The highest BCUT2D eigenvalue weighted by atomic mass is 16.5. The van der Waals surface area contributed by atoms with E-state index in [4.69, 9.17) is 14.2 Å². The van der Waals surface area contributed by atoms with Gasteiger partial charge in [-0.1, -0.05) is 19.9 Å². The van der Waals surface area contributed by atoms with Crippen LogP contribution in [0.5, 0.6) is 17.2 Å². The molecule has 0 aromatic heterocycles. The maximum absolute atomic E-state index is 13.3. The van der Waals surface area contributed by atoms with Crippen LogP contribution in [0.1, 0.15) is 51.8 Å². The number of hydrogen-bond acceptors (Lipinski definition) is 7. The van der Waals surface area contributed by atoms with E-state index in [1.54, 1.807) is 49.6 Å². The zero-order chi connectivity index (χ0) is 27.1. The van der Waals surface area contributed by atoms with E-state index in [0.29, 0.717) is 48.1 Å². The molecule has 2 aromatic rings. The van der Waals surface area contributed by atoms with Crippen LogP contribution in [0.4, 0.5) is 0 Å². The molecule has 37 heavy (non-hydrogen) atoms. The van der Waals surface area contributed by atoms with Gasteiger partial charge in [0.2, 0.25) is 0 Å². The van der Waals surface area contributed by atoms with E-state index in [0.717, 1.165) is 13.1 Å². The minimum atomic E-state index is -0.772. The number of aliphatic hydroxyl groups is 1. The number of likely N-dealkylation sites (N-methyl/N-ethyl adjacent to an activating group) is 1. The van der Waals surface area contributed by atoms with Crippen molar-refractivity contribution in [3.8, 4) is 17.2 Å². The first-order valence-corrected chi connectivity index (χ1v) is 12.8. The number of carbonyl (C=O) groups is 2. The molecule has 0 spiro atoms. The second kappa shape index (κ2) is 12.6. The van der Waals surface area contributed by atoms with Crippen LogP contribution < -0.4 is 14.2 Å². The Bertz CT molecular complexity index is 1120. The van der Waals surface area contributed by atoms with Crippen LogP contribution in [0.3, 0.4) is 0 Å². The number of ether oxygens (including phenoxy) is 3. The van der Waals surface area contributed by atoms with Gasteiger partial charge in [-0.05, 0) is 75.8 Å². The molecule has 8 nitrogen and oxygen atoms in total. The highest BCUT2D eigenvalue weighted by Gasteiger charge is 2.46. The number of nitrogens with zero attached hydrogens (tertiary/aromatic N) is 2. The first-order valence-electron chi connectivity index (χ1n) is 12.8. The van der Waals surface area contributed by atoms with Gasteiger partial charge in [-0.15, -0.1) is 0 Å². The van der Waals surface area contributed by atoms with Crippen LogP contribution in [-0.4, -0.2) is 72.6 Å². The van der Waals surface area contributed by atoms with Gasteiger partial charge in [-0.3, -0.25) is 9.59 Å². The molecule has 8 heteroatoms. The molecule has 1 unspecified atom stereocenters. The molecule has 0 bridgehead atoms. The minimum Gasteiger partial charge on any atom is -0.507 e. The highest BCUT2D eigenvalue weighted by Crippen LogP contribution is 2.42. The lowest BCUT2D eigenvalue weighted by Gasteiger charge is -2.28. The third kappa shape index (κ3) is 6.25. The van der Waals surface area contributed by atoms with Gasteiger partial charge in [0.05, 0.1) is 31.4 Å². The molecule has 1 saturated heterocycles. The zero-order valence-corrected chi connectivity index (χ0v) is 22.6. The number of benzene rings is 2. The van der Waals surface area contributed by atoms with Crippen LogP contribution >= 0.6 is 0 Å². The molecule has 0 saturated carbocycles. The molecule has 3 rings (SSSR count). The van der Waals surface area contributed by atoms with Crippen molar-refractivity contribution >= 4 is 17.4 Å². The number of methoxy groups -OCH3 is 1. The number of hydrogen-bond donors (Lipinski definition) is 1. The van der Waals surface area contributed by atoms with Crippen LogP contribution in [0.2, 0.25) is 0 Å². The van der Waals surface area contributed by atoms with Crippen LogP contribution in [-0.2, 0) is 9.59 Å². The lowest BCUT2D eigenvalue weighted by molar-refractivity contribution is -0.140. The van der Waals surface area contributed by atoms with Crippen molar-refractivity contribution in [2.24, 2.45) is 0 Å². The van der Waals surface area contributed by atoms with E-state index in [-0.39, 0.29) is 17.4 Å². The van der Waals surface area contributed by atoms with E-state index < -0.39 is 17.7 Å². The lowest BCUT2D eigenvalue weighted by atomic mass is 9.95. The second-order valence-corrected chi connectivity index (χ2v) is 9.05. The Hall–Kier alpha value is -3.52. The van der Waals surface area contributed by atoms with Crippen molar-refractivity contribution in [3.05, 3.63) is 59.2 Å². The van der Waals surface area contributed by atoms with Crippen LogP contribution in [0.25, 0.3) is 5.76 Å². The summed E-state index contributed by atoms with van der Waals surface area (Å²) in [6.45, 7) is 12.9. The quantitative estimate of drug-likeness (QED) is 0.253. The predicted molar refractivity (Wildman–Crippen MR) is 143 cm³/mol. The summed E-state index contributed by atoms with van der Waals surface area (Å²) in [7, 11) is 1.54. The lowest BCUT2D eigenvalue weighted by Crippen LogP contribution is -2.38. The van der Waals surface area contributed by atoms with Crippen molar-refractivity contribution in [1.29, 1.82) is 0 Å². The number of carbonyl (C=O) groups excluding carboxylic acids is 2. The molecule has 2 aromatic carbocycles. The van der Waals surface area contributed by atoms with Crippen LogP contribution in [0, 0.1) is 0 Å². The van der Waals surface area contributed by atoms with Gasteiger partial charge >= 0.3 is 0 Å². The average Bonchev–Trinajstić information content (AvgIpc) is 3.14. The van der Waals surface area contributed by atoms with Crippen LogP contribution in [0.15, 0.2) is 48.0 Å². The van der Waals surface area contributed by atoms with Crippen molar-refractivity contribution in [1.82, 2.24) is 9.80 Å². The van der Waals surface area contributed by atoms with Crippen molar-refractivity contribution in [2.45, 2.75) is 46.8 Å². The summed E-state index contributed by atoms with van der Waals surface area (Å²) >= 11 is 0. The first kappa shape index (κ1) is 28.1. The Morgan fingerprint density at radius 3 is 2.27 bits per heavy atom. The molecule has 1 aliphatic rings. The summed E-state index contributed by atoms with van der Waals surface area (Å²) in [5.74, 6) is 0.138. The fraction of sp³-hybridized carbons (Fsp3) is 0.448. The smallest absolute Gasteiger partial charge is 0.295 e. The molecule has 0 aliphatic carbocycles. The summed E-state index contributed by atoms with van der Waals surface area (Å²) in [6.07, 6.45) is 0.00483. The van der Waals surface area contributed by atoms with Crippen molar-refractivity contribution < 1.29 is 28.9 Å². The normalized spacial score (nSPS) is 17.1. The fourth-order valence-electron chi connectivity index (χ4n) is 4.49. The molecule has 1 aliphatic heterocycles. The fourth-order valence-corrected chi connectivity index (χ4v) is 4.49. The Labute approximate surface area is 219 Å². The Morgan fingerprint density at radius 1 is 1.03 bits per heavy atom. The first-order chi connectivity index (χ1) is 17.7. The topological polar surface area (TPSA) is 88.5 Å². The van der Waals surface area contributed by atoms with Crippen molar-refractivity contribution in [3.63, 3.8) is 0 Å². The van der Waals surface area contributed by atoms with Gasteiger partial charge in [0.25, 0.3) is 11.7 Å². The SMILES string of the molecule is CCOc1ccc(C2/C(=C(\O)c3ccc(OC(C)C)cc3)C(=O)C(=O)N2CCN(CC)CC)cc1OC. The summed E-state index contributed by atoms with van der Waals surface area (Å²) in [5.41, 5.74) is 1.13. The van der Waals surface area contributed by atoms with Gasteiger partial charge < -0.3 is 29.1 Å². The molecule has 200 valence electrons. The van der Waals surface area contributed by atoms with E-state index in [1.807, 2.05) is 20.8 Å². The molecule has 1 amide bonds. The summed E-state index contributed by atoms with van der Waals surface area (Å²) in [4.78, 5) is 30.3. The third-order valence-electron chi connectivity index (χ3n) is 6.39. The molecule has 1 N–H and O–H groups in total. The number of amides is 1. The Morgan fingerprint density at radius 2 is 1.70 bits per heavy atom. The number of likely N-dealkylation sites (tertiary alicyclic amines) is 1. The van der Waals surface area contributed by atoms with E-state index >= 15 is 0 Å². The van der Waals surface area contributed by atoms with E-state index in [1.165, 1.54) is 4.90 Å². The summed E-state index contributed by atoms with van der Waals surface area (Å²) < 4.78 is 16.9. The molecule has 1 atom stereocenters. The van der Waals surface area contributed by atoms with E-state index in [2.05, 4.69) is 18.7 Å². The molecule has 0 radical (unpaired) electrons. The van der Waals surface area contributed by atoms with Gasteiger partial charge in [0, 0.05) is 18.7 Å². The Kier molecular flexibility index (Phi) is 9.58. The molecule has 1 heterocycles. The zero-order valence-electron chi connectivity index (χ0n) is 22.6. The maximum atomic E-state index is 13.3. The second-order valence-electron chi connectivity index (χ2n) is 9.05. The molecular formula is C29H38N2O6. The average molecular weight is 511 g/mol. The van der Waals surface area contributed by atoms with Gasteiger partial charge in [-0.2, -0.15) is 0 Å². The number of rotatable bonds is 12. The van der Waals surface area contributed by atoms with Gasteiger partial charge in [-0.25, -0.2) is 0 Å². The minimum absolute atomic E-state index is 0.00483. The molecule has 1 fully saturated rings. The number of Topliss-reactive ketones (excluding diaryl/α,β-unsaturated/α-hetero) is 1. The van der Waals surface area contributed by atoms with Gasteiger partial charge in [0.15, 0.2) is 11.5 Å². The summed E-state index contributed by atoms with van der Waals surface area (Å²) in [6, 6.07) is 11.4. The summed E-state index contributed by atoms with van der Waals surface area (Å²) in [5, 5.41) is 11.3. The number of ketones is 1. The van der Waals surface area contributed by atoms with Gasteiger partial charge in [0.1, 0.15) is 11.5 Å². The monoisotopic (exact) mass is 510 g/mol. The number of aliphatic hydroxyl groups excluding tert-OH is 1. The highest BCUT2D eigenvalue weighted by molar-refractivity contribution is 6.46.